The Morgan fingerprint density at radius 1 is 1.35 bits per heavy atom. The Morgan fingerprint density at radius 3 is 2.73 bits per heavy atom. The molecule has 146 valence electrons. The van der Waals surface area contributed by atoms with Crippen molar-refractivity contribution in [3.63, 3.8) is 0 Å². The Hall–Kier alpha value is -2.33. The monoisotopic (exact) mass is 368 g/mol. The molecule has 1 aromatic heterocycles. The Morgan fingerprint density at radius 2 is 2.08 bits per heavy atom. The number of rotatable bonds is 8. The zero-order valence-electron chi connectivity index (χ0n) is 15.4. The molecule has 2 rings (SSSR count). The van der Waals surface area contributed by atoms with Crippen molar-refractivity contribution in [2.24, 2.45) is 11.7 Å². The Bertz CT molecular complexity index is 627. The lowest BCUT2D eigenvalue weighted by Crippen LogP contribution is -2.38. The van der Waals surface area contributed by atoms with Gasteiger partial charge in [0.05, 0.1) is 12.7 Å². The lowest BCUT2D eigenvalue weighted by molar-refractivity contribution is -0.150. The molecular weight excluding hydrogens is 340 g/mol. The highest BCUT2D eigenvalue weighted by Crippen LogP contribution is 2.29. The topological polar surface area (TPSA) is 161 Å². The molecule has 1 aliphatic rings. The van der Waals surface area contributed by atoms with Crippen molar-refractivity contribution in [3.05, 3.63) is 0 Å². The zero-order valence-corrected chi connectivity index (χ0v) is 15.4. The van der Waals surface area contributed by atoms with Crippen LogP contribution in [0.3, 0.4) is 0 Å². The van der Waals surface area contributed by atoms with Gasteiger partial charge in [-0.25, -0.2) is 0 Å². The Labute approximate surface area is 152 Å². The number of aromatic nitrogens is 2. The molecule has 0 saturated carbocycles. The second-order valence-electron chi connectivity index (χ2n) is 6.45. The van der Waals surface area contributed by atoms with Crippen LogP contribution in [0.15, 0.2) is 0 Å². The van der Waals surface area contributed by atoms with E-state index >= 15 is 0 Å². The highest BCUT2D eigenvalue weighted by Gasteiger charge is 2.29. The number of nitrogens with zero attached hydrogens (tertiary/aromatic N) is 2. The molecule has 0 amide bonds. The molecule has 10 heteroatoms. The second kappa shape index (κ2) is 8.86. The van der Waals surface area contributed by atoms with Gasteiger partial charge in [-0.3, -0.25) is 4.79 Å². The maximum absolute atomic E-state index is 11.8. The van der Waals surface area contributed by atoms with Crippen molar-refractivity contribution >= 4 is 23.4 Å². The van der Waals surface area contributed by atoms with Crippen LogP contribution >= 0.6 is 0 Å². The quantitative estimate of drug-likeness (QED) is 0.475. The number of hydrogen-bond donors (Lipinski definition) is 4. The molecule has 0 radical (unpaired) electrons. The predicted molar refractivity (Wildman–Crippen MR) is 97.3 cm³/mol. The van der Waals surface area contributed by atoms with Crippen LogP contribution in [0.1, 0.15) is 33.6 Å². The van der Waals surface area contributed by atoms with Crippen molar-refractivity contribution < 1.29 is 19.0 Å². The second-order valence-corrected chi connectivity index (χ2v) is 6.45. The third-order valence-corrected chi connectivity index (χ3v) is 4.02. The van der Waals surface area contributed by atoms with Gasteiger partial charge < -0.3 is 36.7 Å². The summed E-state index contributed by atoms with van der Waals surface area (Å²) in [6.45, 7) is 6.12. The summed E-state index contributed by atoms with van der Waals surface area (Å²) in [6.07, 6.45) is 0.873. The van der Waals surface area contributed by atoms with E-state index in [9.17, 15) is 4.79 Å². The van der Waals surface area contributed by atoms with E-state index in [-0.39, 0.29) is 42.4 Å². The normalized spacial score (nSPS) is 20.8. The summed E-state index contributed by atoms with van der Waals surface area (Å²) < 4.78 is 16.4. The molecule has 2 heterocycles. The fraction of sp³-hybridized carbons (Fsp3) is 0.688. The highest BCUT2D eigenvalue weighted by molar-refractivity contribution is 5.75. The van der Waals surface area contributed by atoms with Gasteiger partial charge in [-0.15, -0.1) is 0 Å². The van der Waals surface area contributed by atoms with Crippen LogP contribution in [0.2, 0.25) is 0 Å². The minimum absolute atomic E-state index is 0.0205. The molecule has 1 aliphatic heterocycles. The number of ether oxygens (including phenoxy) is 3. The maximum Gasteiger partial charge on any atom is 0.323 e. The van der Waals surface area contributed by atoms with E-state index in [1.807, 2.05) is 20.8 Å². The molecule has 3 unspecified atom stereocenters. The van der Waals surface area contributed by atoms with E-state index in [0.717, 1.165) is 6.42 Å². The van der Waals surface area contributed by atoms with Crippen molar-refractivity contribution in [2.75, 3.05) is 30.0 Å². The van der Waals surface area contributed by atoms with Crippen LogP contribution in [0.25, 0.3) is 0 Å². The number of anilines is 3. The molecule has 0 bridgehead atoms. The summed E-state index contributed by atoms with van der Waals surface area (Å²) in [5.41, 5.74) is 17.7. The van der Waals surface area contributed by atoms with Crippen LogP contribution in [0.5, 0.6) is 5.88 Å². The third kappa shape index (κ3) is 5.09. The van der Waals surface area contributed by atoms with Crippen molar-refractivity contribution in [1.82, 2.24) is 9.97 Å². The molecule has 0 spiro atoms. The number of carbonyl (C=O) groups excluding carboxylic acids is 1. The summed E-state index contributed by atoms with van der Waals surface area (Å²) in [4.78, 5) is 19.9. The summed E-state index contributed by atoms with van der Waals surface area (Å²) in [6, 6.07) is -0.633. The molecule has 0 aliphatic carbocycles. The SMILES string of the molecule is CCOc1nc(N)nc(NC2CCC(COC(=O)C(N)C(C)C)O2)c1N. The molecule has 1 saturated heterocycles. The molecule has 26 heavy (non-hydrogen) atoms. The minimum Gasteiger partial charge on any atom is -0.476 e. The van der Waals surface area contributed by atoms with Crippen LogP contribution in [0.4, 0.5) is 17.5 Å². The minimum atomic E-state index is -0.633. The number of hydrogen-bond acceptors (Lipinski definition) is 10. The Balaban J connectivity index is 1.89. The van der Waals surface area contributed by atoms with Crippen molar-refractivity contribution in [2.45, 2.75) is 52.0 Å². The predicted octanol–water partition coefficient (Wildman–Crippen LogP) is 0.483. The fourth-order valence-electron chi connectivity index (χ4n) is 2.45. The first-order valence-electron chi connectivity index (χ1n) is 8.71. The van der Waals surface area contributed by atoms with E-state index in [4.69, 9.17) is 31.4 Å². The van der Waals surface area contributed by atoms with Gasteiger partial charge in [0.15, 0.2) is 5.82 Å². The molecule has 1 fully saturated rings. The fourth-order valence-corrected chi connectivity index (χ4v) is 2.45. The molecule has 1 aromatic rings. The van der Waals surface area contributed by atoms with Gasteiger partial charge in [-0.2, -0.15) is 9.97 Å². The van der Waals surface area contributed by atoms with E-state index in [1.165, 1.54) is 0 Å². The lowest BCUT2D eigenvalue weighted by Gasteiger charge is -2.19. The summed E-state index contributed by atoms with van der Waals surface area (Å²) >= 11 is 0. The standard InChI is InChI=1S/C16H28N6O4/c1-4-24-14-12(18)13(21-16(19)22-14)20-10-6-5-9(26-10)7-25-15(23)11(17)8(2)3/h8-11H,4-7,17-18H2,1-3H3,(H3,19,20,21,22). The summed E-state index contributed by atoms with van der Waals surface area (Å²) in [5, 5.41) is 3.08. The molecule has 10 nitrogen and oxygen atoms in total. The molecule has 3 atom stereocenters. The van der Waals surface area contributed by atoms with Crippen LogP contribution < -0.4 is 27.3 Å². The largest absolute Gasteiger partial charge is 0.476 e. The Kier molecular flexibility index (Phi) is 6.81. The van der Waals surface area contributed by atoms with Gasteiger partial charge in [0, 0.05) is 0 Å². The van der Waals surface area contributed by atoms with Gasteiger partial charge >= 0.3 is 5.97 Å². The van der Waals surface area contributed by atoms with Crippen molar-refractivity contribution in [3.8, 4) is 5.88 Å². The zero-order chi connectivity index (χ0) is 19.3. The molecule has 7 N–H and O–H groups in total. The number of nitrogens with one attached hydrogen (secondary N) is 1. The van der Waals surface area contributed by atoms with E-state index in [2.05, 4.69) is 15.3 Å². The van der Waals surface area contributed by atoms with Gasteiger partial charge in [-0.05, 0) is 25.7 Å². The number of nitrogens with two attached hydrogens (primary N) is 3. The van der Waals surface area contributed by atoms with Crippen LogP contribution in [0, 0.1) is 5.92 Å². The molecular formula is C16H28N6O4. The summed E-state index contributed by atoms with van der Waals surface area (Å²) in [5.74, 6) is 0.233. The van der Waals surface area contributed by atoms with Crippen molar-refractivity contribution in [1.29, 1.82) is 0 Å². The van der Waals surface area contributed by atoms with Gasteiger partial charge in [0.25, 0.3) is 0 Å². The highest BCUT2D eigenvalue weighted by atomic mass is 16.6. The average Bonchev–Trinajstić information content (AvgIpc) is 3.03. The van der Waals surface area contributed by atoms with Gasteiger partial charge in [0.2, 0.25) is 11.8 Å². The summed E-state index contributed by atoms with van der Waals surface area (Å²) in [7, 11) is 0. The first kappa shape index (κ1) is 20.0. The maximum atomic E-state index is 11.8. The first-order chi connectivity index (χ1) is 12.3. The number of nitrogen functional groups attached to an aromatic ring is 2. The van der Waals surface area contributed by atoms with E-state index in [1.54, 1.807) is 0 Å². The van der Waals surface area contributed by atoms with E-state index < -0.39 is 12.0 Å². The van der Waals surface area contributed by atoms with Crippen LogP contribution in [-0.2, 0) is 14.3 Å². The third-order valence-electron chi connectivity index (χ3n) is 4.02. The first-order valence-corrected chi connectivity index (χ1v) is 8.71. The number of carbonyl (C=O) groups is 1. The smallest absolute Gasteiger partial charge is 0.323 e. The number of esters is 1. The van der Waals surface area contributed by atoms with Gasteiger partial charge in [-0.1, -0.05) is 13.8 Å². The lowest BCUT2D eigenvalue weighted by atomic mass is 10.1. The van der Waals surface area contributed by atoms with E-state index in [0.29, 0.717) is 18.8 Å². The average molecular weight is 368 g/mol. The van der Waals surface area contributed by atoms with Crippen LogP contribution in [-0.4, -0.2) is 47.5 Å². The van der Waals surface area contributed by atoms with Gasteiger partial charge in [0.1, 0.15) is 24.6 Å². The molecule has 0 aromatic carbocycles.